The van der Waals surface area contributed by atoms with Crippen LogP contribution in [0.4, 0.5) is 0 Å². The van der Waals surface area contributed by atoms with Crippen LogP contribution in [0.3, 0.4) is 0 Å². The molecule has 0 radical (unpaired) electrons. The number of ether oxygens (including phenoxy) is 1. The first-order valence-electron chi connectivity index (χ1n) is 5.12. The third-order valence-corrected chi connectivity index (χ3v) is 2.91. The Morgan fingerprint density at radius 2 is 2.25 bits per heavy atom. The molecule has 86 valence electrons. The highest BCUT2D eigenvalue weighted by Crippen LogP contribution is 2.32. The topological polar surface area (TPSA) is 79.4 Å². The van der Waals surface area contributed by atoms with E-state index in [1.54, 1.807) is 19.9 Å². The van der Waals surface area contributed by atoms with Crippen molar-refractivity contribution < 1.29 is 14.6 Å². The number of nitrogens with one attached hydrogen (secondary N) is 1. The second kappa shape index (κ2) is 3.45. The first-order chi connectivity index (χ1) is 7.49. The molecule has 0 bridgehead atoms. The zero-order valence-corrected chi connectivity index (χ0v) is 9.16. The summed E-state index contributed by atoms with van der Waals surface area (Å²) < 4.78 is 4.82. The van der Waals surface area contributed by atoms with Crippen molar-refractivity contribution in [2.45, 2.75) is 32.5 Å². The maximum atomic E-state index is 11.6. The average molecular weight is 223 g/mol. The first-order valence-corrected chi connectivity index (χ1v) is 5.12. The number of aliphatic hydroxyl groups is 1. The maximum Gasteiger partial charge on any atom is 0.343 e. The predicted molar refractivity (Wildman–Crippen MR) is 55.8 cm³/mol. The highest BCUT2D eigenvalue weighted by atomic mass is 16.6. The molecule has 1 aromatic rings. The molecule has 1 aliphatic rings. The van der Waals surface area contributed by atoms with Crippen molar-refractivity contribution in [3.8, 4) is 0 Å². The second-order valence-electron chi connectivity index (χ2n) is 3.96. The Kier molecular flexibility index (Phi) is 2.35. The van der Waals surface area contributed by atoms with E-state index in [1.807, 2.05) is 0 Å². The largest absolute Gasteiger partial charge is 0.458 e. The van der Waals surface area contributed by atoms with Gasteiger partial charge in [0, 0.05) is 11.3 Å². The van der Waals surface area contributed by atoms with Gasteiger partial charge in [-0.2, -0.15) is 0 Å². The first kappa shape index (κ1) is 10.9. The highest BCUT2D eigenvalue weighted by Gasteiger charge is 2.43. The molecule has 1 atom stereocenters. The van der Waals surface area contributed by atoms with Crippen LogP contribution in [-0.2, 0) is 21.7 Å². The van der Waals surface area contributed by atoms with Crippen LogP contribution in [0.25, 0.3) is 0 Å². The summed E-state index contributed by atoms with van der Waals surface area (Å²) in [6, 6.07) is 1.63. The number of hydrogen-bond acceptors (Lipinski definition) is 4. The molecule has 0 aliphatic carbocycles. The van der Waals surface area contributed by atoms with Crippen LogP contribution < -0.4 is 5.56 Å². The van der Waals surface area contributed by atoms with Crippen LogP contribution >= 0.6 is 0 Å². The molecule has 0 amide bonds. The number of aromatic amines is 1. The lowest BCUT2D eigenvalue weighted by molar-refractivity contribution is -0.172. The molecule has 1 aliphatic heterocycles. The van der Waals surface area contributed by atoms with Gasteiger partial charge in [-0.3, -0.25) is 4.79 Å². The number of carbonyl (C=O) groups is 1. The summed E-state index contributed by atoms with van der Waals surface area (Å²) in [5, 5.41) is 10.2. The molecule has 0 unspecified atom stereocenters. The van der Waals surface area contributed by atoms with Gasteiger partial charge >= 0.3 is 5.97 Å². The summed E-state index contributed by atoms with van der Waals surface area (Å²) in [4.78, 5) is 25.8. The van der Waals surface area contributed by atoms with Gasteiger partial charge in [-0.25, -0.2) is 4.79 Å². The van der Waals surface area contributed by atoms with Crippen molar-refractivity contribution in [2.24, 2.45) is 0 Å². The van der Waals surface area contributed by atoms with E-state index in [2.05, 4.69) is 4.98 Å². The van der Waals surface area contributed by atoms with Gasteiger partial charge in [-0.05, 0) is 19.4 Å². The van der Waals surface area contributed by atoms with E-state index < -0.39 is 11.6 Å². The third-order valence-electron chi connectivity index (χ3n) is 2.91. The molecule has 0 fully saturated rings. The molecule has 2 N–H and O–H groups in total. The van der Waals surface area contributed by atoms with Crippen molar-refractivity contribution in [3.05, 3.63) is 33.2 Å². The summed E-state index contributed by atoms with van der Waals surface area (Å²) in [5.41, 5.74) is -0.686. The van der Waals surface area contributed by atoms with Crippen LogP contribution in [0.2, 0.25) is 0 Å². The minimum Gasteiger partial charge on any atom is -0.458 e. The Labute approximate surface area is 92.1 Å². The summed E-state index contributed by atoms with van der Waals surface area (Å²) >= 11 is 0. The van der Waals surface area contributed by atoms with Crippen LogP contribution in [0.15, 0.2) is 10.9 Å². The molecule has 5 nitrogen and oxygen atoms in total. The molecule has 2 heterocycles. The lowest BCUT2D eigenvalue weighted by atomic mass is 9.86. The number of H-pyrrole nitrogens is 1. The second-order valence-corrected chi connectivity index (χ2v) is 3.96. The minimum absolute atomic E-state index is 0.0773. The number of cyclic esters (lactones) is 1. The Morgan fingerprint density at radius 1 is 1.56 bits per heavy atom. The van der Waals surface area contributed by atoms with Crippen LogP contribution in [0.5, 0.6) is 0 Å². The van der Waals surface area contributed by atoms with E-state index in [0.29, 0.717) is 16.8 Å². The molecule has 0 aromatic carbocycles. The van der Waals surface area contributed by atoms with Crippen LogP contribution in [0, 0.1) is 6.92 Å². The van der Waals surface area contributed by atoms with E-state index in [-0.39, 0.29) is 18.6 Å². The number of aryl methyl sites for hydroxylation is 1. The number of pyridine rings is 1. The molecule has 16 heavy (non-hydrogen) atoms. The predicted octanol–water partition coefficient (Wildman–Crippen LogP) is 0.338. The zero-order valence-electron chi connectivity index (χ0n) is 9.16. The van der Waals surface area contributed by atoms with Gasteiger partial charge in [-0.1, -0.05) is 6.92 Å². The van der Waals surface area contributed by atoms with Crippen molar-refractivity contribution in [3.63, 3.8) is 0 Å². The SMILES string of the molecule is CC[C@@]1(O)C(=O)OCc2c1cc(C)[nH]c2=O. The van der Waals surface area contributed by atoms with Crippen molar-refractivity contribution in [1.82, 2.24) is 4.98 Å². The van der Waals surface area contributed by atoms with Crippen LogP contribution in [0.1, 0.15) is 30.2 Å². The van der Waals surface area contributed by atoms with E-state index in [9.17, 15) is 14.7 Å². The smallest absolute Gasteiger partial charge is 0.343 e. The minimum atomic E-state index is -1.69. The summed E-state index contributed by atoms with van der Waals surface area (Å²) in [5.74, 6) is -0.688. The normalized spacial score (nSPS) is 23.8. The van der Waals surface area contributed by atoms with Crippen molar-refractivity contribution >= 4 is 5.97 Å². The van der Waals surface area contributed by atoms with E-state index >= 15 is 0 Å². The standard InChI is InChI=1S/C11H13NO4/c1-3-11(15)8-4-6(2)12-9(13)7(8)5-16-10(11)14/h4,15H,3,5H2,1-2H3,(H,12,13)/t11-/m0/s1. The molecule has 0 spiro atoms. The number of hydrogen-bond donors (Lipinski definition) is 2. The maximum absolute atomic E-state index is 11.6. The molecule has 0 saturated carbocycles. The van der Waals surface area contributed by atoms with Crippen molar-refractivity contribution in [1.29, 1.82) is 0 Å². The highest BCUT2D eigenvalue weighted by molar-refractivity contribution is 5.82. The number of fused-ring (bicyclic) bond motifs is 1. The fourth-order valence-corrected chi connectivity index (χ4v) is 1.93. The molecule has 0 saturated heterocycles. The molecule has 2 rings (SSSR count). The van der Waals surface area contributed by atoms with Gasteiger partial charge in [0.1, 0.15) is 6.61 Å². The summed E-state index contributed by atoms with van der Waals surface area (Å²) in [6.07, 6.45) is 0.182. The summed E-state index contributed by atoms with van der Waals surface area (Å²) in [6.45, 7) is 3.30. The molecule has 1 aromatic heterocycles. The Bertz CT molecular complexity index is 505. The molecule has 5 heteroatoms. The van der Waals surface area contributed by atoms with E-state index in [4.69, 9.17) is 4.74 Å². The fraction of sp³-hybridized carbons (Fsp3) is 0.455. The fourth-order valence-electron chi connectivity index (χ4n) is 1.93. The Morgan fingerprint density at radius 3 is 2.88 bits per heavy atom. The van der Waals surface area contributed by atoms with Gasteiger partial charge in [0.25, 0.3) is 5.56 Å². The molecular weight excluding hydrogens is 210 g/mol. The lowest BCUT2D eigenvalue weighted by Gasteiger charge is -2.31. The van der Waals surface area contributed by atoms with Gasteiger partial charge in [0.15, 0.2) is 5.60 Å². The zero-order chi connectivity index (χ0) is 11.9. The number of esters is 1. The molecular formula is C11H13NO4. The average Bonchev–Trinajstić information content (AvgIpc) is 2.24. The van der Waals surface area contributed by atoms with Crippen LogP contribution in [-0.4, -0.2) is 16.1 Å². The summed E-state index contributed by atoms with van der Waals surface area (Å²) in [7, 11) is 0. The Hall–Kier alpha value is -1.62. The van der Waals surface area contributed by atoms with E-state index in [1.165, 1.54) is 0 Å². The van der Waals surface area contributed by atoms with Gasteiger partial charge in [0.2, 0.25) is 0 Å². The number of aromatic nitrogens is 1. The van der Waals surface area contributed by atoms with E-state index in [0.717, 1.165) is 0 Å². The Balaban J connectivity index is 2.73. The monoisotopic (exact) mass is 223 g/mol. The third kappa shape index (κ3) is 1.36. The number of carbonyl (C=O) groups excluding carboxylic acids is 1. The van der Waals surface area contributed by atoms with Gasteiger partial charge in [-0.15, -0.1) is 0 Å². The number of rotatable bonds is 1. The quantitative estimate of drug-likeness (QED) is 0.673. The van der Waals surface area contributed by atoms with Gasteiger partial charge in [0.05, 0.1) is 5.56 Å². The van der Waals surface area contributed by atoms with Gasteiger partial charge < -0.3 is 14.8 Å². The van der Waals surface area contributed by atoms with Crippen molar-refractivity contribution in [2.75, 3.05) is 0 Å². The lowest BCUT2D eigenvalue weighted by Crippen LogP contribution is -2.43.